The zero-order valence-corrected chi connectivity index (χ0v) is 17.6. The molecule has 1 amide bonds. The SMILES string of the molecule is O=C(O)NC1CC(Nc2nc(N3CCOCC3)cc(-n3c(C(F)F)nc4ccccc43)n2)C1. The fourth-order valence-electron chi connectivity index (χ4n) is 4.20. The van der Waals surface area contributed by atoms with Crippen molar-refractivity contribution in [1.29, 1.82) is 0 Å². The van der Waals surface area contributed by atoms with E-state index in [9.17, 15) is 13.6 Å². The molecule has 33 heavy (non-hydrogen) atoms. The number of carbonyl (C=O) groups is 1. The number of hydrogen-bond donors (Lipinski definition) is 3. The van der Waals surface area contributed by atoms with Crippen LogP contribution in [-0.4, -0.2) is 69.1 Å². The molecule has 0 spiro atoms. The van der Waals surface area contributed by atoms with Gasteiger partial charge in [-0.25, -0.2) is 18.6 Å². The molecule has 12 heteroatoms. The Morgan fingerprint density at radius 1 is 1.09 bits per heavy atom. The van der Waals surface area contributed by atoms with Crippen LogP contribution in [0, 0.1) is 0 Å². The molecule has 2 aromatic heterocycles. The van der Waals surface area contributed by atoms with Gasteiger partial charge in [0.2, 0.25) is 5.95 Å². The number of nitrogens with zero attached hydrogens (tertiary/aromatic N) is 5. The molecule has 0 bridgehead atoms. The molecule has 3 heterocycles. The standard InChI is InChI=1S/C21H23F2N7O3/c22-18(23)19-26-14-3-1-2-4-15(14)30(19)17-11-16(29-5-7-33-8-6-29)27-20(28-17)24-12-9-13(10-12)25-21(31)32/h1-4,11-13,18,25H,5-10H2,(H,31,32)(H,24,27,28). The van der Waals surface area contributed by atoms with Crippen LogP contribution in [-0.2, 0) is 4.74 Å². The highest BCUT2D eigenvalue weighted by Crippen LogP contribution is 2.30. The van der Waals surface area contributed by atoms with Gasteiger partial charge >= 0.3 is 6.09 Å². The highest BCUT2D eigenvalue weighted by molar-refractivity contribution is 5.78. The first-order valence-corrected chi connectivity index (χ1v) is 10.7. The number of fused-ring (bicyclic) bond motifs is 1. The van der Waals surface area contributed by atoms with Crippen LogP contribution in [0.25, 0.3) is 16.9 Å². The number of amides is 1. The Labute approximate surface area is 187 Å². The zero-order chi connectivity index (χ0) is 22.9. The Bertz CT molecular complexity index is 1160. The average Bonchev–Trinajstić information content (AvgIpc) is 3.18. The summed E-state index contributed by atoms with van der Waals surface area (Å²) in [5.41, 5.74) is 0.982. The topological polar surface area (TPSA) is 117 Å². The third kappa shape index (κ3) is 4.38. The molecule has 3 aromatic rings. The van der Waals surface area contributed by atoms with Crippen LogP contribution in [0.15, 0.2) is 30.3 Å². The first-order valence-electron chi connectivity index (χ1n) is 10.7. The molecule has 1 aliphatic heterocycles. The quantitative estimate of drug-likeness (QED) is 0.515. The lowest BCUT2D eigenvalue weighted by molar-refractivity contribution is 0.122. The summed E-state index contributed by atoms with van der Waals surface area (Å²) in [5.74, 6) is 0.801. The zero-order valence-electron chi connectivity index (χ0n) is 17.6. The fraction of sp³-hybridized carbons (Fsp3) is 0.429. The highest BCUT2D eigenvalue weighted by atomic mass is 19.3. The molecule has 3 N–H and O–H groups in total. The normalized spacial score (nSPS) is 20.6. The van der Waals surface area contributed by atoms with Gasteiger partial charge in [0.1, 0.15) is 11.6 Å². The number of imidazole rings is 1. The van der Waals surface area contributed by atoms with Gasteiger partial charge in [0, 0.05) is 31.2 Å². The minimum Gasteiger partial charge on any atom is -0.465 e. The first-order chi connectivity index (χ1) is 16.0. The number of alkyl halides is 2. The van der Waals surface area contributed by atoms with Gasteiger partial charge in [0.05, 0.1) is 24.2 Å². The number of aromatic nitrogens is 4. The van der Waals surface area contributed by atoms with Gasteiger partial charge in [-0.15, -0.1) is 0 Å². The first kappa shape index (κ1) is 21.3. The lowest BCUT2D eigenvalue weighted by Gasteiger charge is -2.35. The molecule has 0 unspecified atom stereocenters. The van der Waals surface area contributed by atoms with Gasteiger partial charge in [-0.2, -0.15) is 9.97 Å². The van der Waals surface area contributed by atoms with E-state index in [1.165, 1.54) is 4.57 Å². The second kappa shape index (κ2) is 8.77. The van der Waals surface area contributed by atoms with E-state index in [-0.39, 0.29) is 23.7 Å². The molecule has 1 aromatic carbocycles. The number of anilines is 2. The van der Waals surface area contributed by atoms with E-state index in [0.717, 1.165) is 0 Å². The molecule has 10 nitrogen and oxygen atoms in total. The molecule has 1 aliphatic carbocycles. The Balaban J connectivity index is 1.52. The predicted molar refractivity (Wildman–Crippen MR) is 116 cm³/mol. The number of rotatable bonds is 6. The van der Waals surface area contributed by atoms with Crippen LogP contribution in [0.2, 0.25) is 0 Å². The van der Waals surface area contributed by atoms with Gasteiger partial charge in [0.15, 0.2) is 5.82 Å². The highest BCUT2D eigenvalue weighted by Gasteiger charge is 2.31. The number of nitrogens with one attached hydrogen (secondary N) is 2. The van der Waals surface area contributed by atoms with E-state index in [1.807, 2.05) is 4.90 Å². The minimum atomic E-state index is -2.79. The van der Waals surface area contributed by atoms with E-state index < -0.39 is 12.5 Å². The monoisotopic (exact) mass is 459 g/mol. The van der Waals surface area contributed by atoms with Gasteiger partial charge in [-0.05, 0) is 25.0 Å². The average molecular weight is 459 g/mol. The summed E-state index contributed by atoms with van der Waals surface area (Å²) in [6.45, 7) is 2.33. The fourth-order valence-corrected chi connectivity index (χ4v) is 4.20. The van der Waals surface area contributed by atoms with E-state index in [2.05, 4.69) is 25.6 Å². The van der Waals surface area contributed by atoms with Crippen LogP contribution in [0.4, 0.5) is 25.3 Å². The number of halogens is 2. The van der Waals surface area contributed by atoms with E-state index in [4.69, 9.17) is 9.84 Å². The minimum absolute atomic E-state index is 0.0243. The van der Waals surface area contributed by atoms with Crippen molar-refractivity contribution in [2.45, 2.75) is 31.4 Å². The number of benzene rings is 1. The van der Waals surface area contributed by atoms with Crippen molar-refractivity contribution in [2.75, 3.05) is 36.5 Å². The Kier molecular flexibility index (Phi) is 5.67. The molecular weight excluding hydrogens is 436 g/mol. The maximum atomic E-state index is 13.9. The number of ether oxygens (including phenoxy) is 1. The van der Waals surface area contributed by atoms with E-state index in [1.54, 1.807) is 30.3 Å². The van der Waals surface area contributed by atoms with Crippen molar-refractivity contribution in [3.63, 3.8) is 0 Å². The Hall–Kier alpha value is -3.54. The van der Waals surface area contributed by atoms with Crippen LogP contribution < -0.4 is 15.5 Å². The summed E-state index contributed by atoms with van der Waals surface area (Å²) in [7, 11) is 0. The predicted octanol–water partition coefficient (Wildman–Crippen LogP) is 2.80. The summed E-state index contributed by atoms with van der Waals surface area (Å²) < 4.78 is 34.6. The summed E-state index contributed by atoms with van der Waals surface area (Å²) >= 11 is 0. The van der Waals surface area contributed by atoms with Crippen molar-refractivity contribution in [3.8, 4) is 5.82 Å². The van der Waals surface area contributed by atoms with Crippen LogP contribution in [0.5, 0.6) is 0 Å². The van der Waals surface area contributed by atoms with E-state index >= 15 is 0 Å². The third-order valence-corrected chi connectivity index (χ3v) is 5.84. The van der Waals surface area contributed by atoms with Gasteiger partial charge in [0.25, 0.3) is 6.43 Å². The molecule has 5 rings (SSSR count). The second-order valence-corrected chi connectivity index (χ2v) is 8.06. The molecule has 2 aliphatic rings. The molecule has 2 fully saturated rings. The van der Waals surface area contributed by atoms with Crippen molar-refractivity contribution in [2.24, 2.45) is 0 Å². The maximum Gasteiger partial charge on any atom is 0.404 e. The van der Waals surface area contributed by atoms with Crippen molar-refractivity contribution in [3.05, 3.63) is 36.2 Å². The summed E-state index contributed by atoms with van der Waals surface area (Å²) in [6, 6.07) is 8.46. The molecule has 0 radical (unpaired) electrons. The Morgan fingerprint density at radius 2 is 1.82 bits per heavy atom. The van der Waals surface area contributed by atoms with Crippen molar-refractivity contribution >= 4 is 28.9 Å². The van der Waals surface area contributed by atoms with Crippen molar-refractivity contribution in [1.82, 2.24) is 24.8 Å². The van der Waals surface area contributed by atoms with Crippen LogP contribution in [0.3, 0.4) is 0 Å². The van der Waals surface area contributed by atoms with Crippen molar-refractivity contribution < 1.29 is 23.4 Å². The lowest BCUT2D eigenvalue weighted by atomic mass is 9.87. The summed E-state index contributed by atoms with van der Waals surface area (Å²) in [4.78, 5) is 26.1. The summed E-state index contributed by atoms with van der Waals surface area (Å²) in [6.07, 6.45) is -2.67. The van der Waals surface area contributed by atoms with Gasteiger partial charge in [-0.3, -0.25) is 4.57 Å². The maximum absolute atomic E-state index is 13.9. The number of para-hydroxylation sites is 2. The van der Waals surface area contributed by atoms with Gasteiger partial charge < -0.3 is 25.4 Å². The smallest absolute Gasteiger partial charge is 0.404 e. The van der Waals surface area contributed by atoms with E-state index in [0.29, 0.717) is 61.9 Å². The molecule has 1 saturated carbocycles. The largest absolute Gasteiger partial charge is 0.465 e. The molecule has 0 atom stereocenters. The molecule has 1 saturated heterocycles. The molecular formula is C21H23F2N7O3. The third-order valence-electron chi connectivity index (χ3n) is 5.84. The number of carboxylic acid groups (broad SMARTS) is 1. The van der Waals surface area contributed by atoms with Gasteiger partial charge in [-0.1, -0.05) is 12.1 Å². The second-order valence-electron chi connectivity index (χ2n) is 8.06. The number of hydrogen-bond acceptors (Lipinski definition) is 7. The van der Waals surface area contributed by atoms with Crippen LogP contribution in [0.1, 0.15) is 25.1 Å². The molecule has 174 valence electrons. The number of morpholine rings is 1. The lowest BCUT2D eigenvalue weighted by Crippen LogP contribution is -2.49. The summed E-state index contributed by atoms with van der Waals surface area (Å²) in [5, 5.41) is 14.5. The Morgan fingerprint density at radius 3 is 2.55 bits per heavy atom. The van der Waals surface area contributed by atoms with Crippen LogP contribution >= 0.6 is 0 Å².